The molecule has 1 aliphatic rings. The maximum Gasteiger partial charge on any atom is 0.233 e. The molecule has 6 heteroatoms. The Bertz CT molecular complexity index is 371. The molecule has 1 unspecified atom stereocenters. The van der Waals surface area contributed by atoms with Crippen LogP contribution in [0.5, 0.6) is 0 Å². The summed E-state index contributed by atoms with van der Waals surface area (Å²) in [6.07, 6.45) is 1.84. The average Bonchev–Trinajstić information content (AvgIpc) is 2.45. The molecule has 0 bridgehead atoms. The molecule has 1 fully saturated rings. The number of hydrogen-bond acceptors (Lipinski definition) is 3. The van der Waals surface area contributed by atoms with Gasteiger partial charge in [-0.25, -0.2) is 9.97 Å². The van der Waals surface area contributed by atoms with Crippen molar-refractivity contribution in [2.45, 2.75) is 11.8 Å². The standard InChI is InChI=1S/C8H7Cl2N3O/c9-5-3-7(14)13(4-5)8-11-2-1-6(10)12-8/h1-2,5H,3-4H2. The highest BCUT2D eigenvalue weighted by molar-refractivity contribution is 6.29. The molecule has 0 N–H and O–H groups in total. The van der Waals surface area contributed by atoms with Gasteiger partial charge in [-0.2, -0.15) is 0 Å². The molecule has 0 spiro atoms. The van der Waals surface area contributed by atoms with Crippen LogP contribution in [-0.2, 0) is 4.79 Å². The number of hydrogen-bond donors (Lipinski definition) is 0. The van der Waals surface area contributed by atoms with E-state index in [2.05, 4.69) is 9.97 Å². The van der Waals surface area contributed by atoms with E-state index in [1.54, 1.807) is 6.07 Å². The highest BCUT2D eigenvalue weighted by atomic mass is 35.5. The van der Waals surface area contributed by atoms with E-state index in [9.17, 15) is 4.79 Å². The third-order valence-corrected chi connectivity index (χ3v) is 2.43. The Morgan fingerprint density at radius 1 is 1.57 bits per heavy atom. The van der Waals surface area contributed by atoms with Crippen molar-refractivity contribution in [3.05, 3.63) is 17.4 Å². The first kappa shape index (κ1) is 9.68. The lowest BCUT2D eigenvalue weighted by molar-refractivity contribution is -0.117. The number of carbonyl (C=O) groups is 1. The zero-order valence-electron chi connectivity index (χ0n) is 7.15. The number of aromatic nitrogens is 2. The summed E-state index contributed by atoms with van der Waals surface area (Å²) in [7, 11) is 0. The molecular weight excluding hydrogens is 225 g/mol. The fourth-order valence-electron chi connectivity index (χ4n) is 1.31. The number of nitrogens with zero attached hydrogens (tertiary/aromatic N) is 3. The van der Waals surface area contributed by atoms with Crippen LogP contribution in [0.15, 0.2) is 12.3 Å². The second-order valence-electron chi connectivity index (χ2n) is 2.99. The van der Waals surface area contributed by atoms with Gasteiger partial charge in [0.15, 0.2) is 0 Å². The zero-order chi connectivity index (χ0) is 10.1. The molecule has 0 saturated carbocycles. The van der Waals surface area contributed by atoms with Gasteiger partial charge in [-0.3, -0.25) is 9.69 Å². The van der Waals surface area contributed by atoms with Gasteiger partial charge in [0, 0.05) is 19.2 Å². The molecule has 4 nitrogen and oxygen atoms in total. The Kier molecular flexibility index (Phi) is 2.56. The summed E-state index contributed by atoms with van der Waals surface area (Å²) in [4.78, 5) is 20.8. The maximum atomic E-state index is 11.4. The molecule has 1 amide bonds. The number of alkyl halides is 1. The van der Waals surface area contributed by atoms with Crippen LogP contribution in [0.4, 0.5) is 5.95 Å². The third-order valence-electron chi connectivity index (χ3n) is 1.93. The summed E-state index contributed by atoms with van der Waals surface area (Å²) in [6, 6.07) is 1.56. The van der Waals surface area contributed by atoms with Gasteiger partial charge in [0.05, 0.1) is 5.38 Å². The largest absolute Gasteiger partial charge is 0.279 e. The van der Waals surface area contributed by atoms with E-state index in [0.29, 0.717) is 24.1 Å². The minimum absolute atomic E-state index is 0.0627. The molecule has 1 saturated heterocycles. The number of halogens is 2. The topological polar surface area (TPSA) is 46.1 Å². The Morgan fingerprint density at radius 3 is 2.93 bits per heavy atom. The lowest BCUT2D eigenvalue weighted by atomic mass is 10.4. The molecule has 0 radical (unpaired) electrons. The molecule has 1 aliphatic heterocycles. The van der Waals surface area contributed by atoms with Crippen LogP contribution in [0.2, 0.25) is 5.15 Å². The molecule has 74 valence electrons. The summed E-state index contributed by atoms with van der Waals surface area (Å²) in [5.74, 6) is 0.262. The van der Waals surface area contributed by atoms with E-state index in [4.69, 9.17) is 23.2 Å². The van der Waals surface area contributed by atoms with Crippen LogP contribution < -0.4 is 4.90 Å². The second-order valence-corrected chi connectivity index (χ2v) is 3.99. The lowest BCUT2D eigenvalue weighted by Crippen LogP contribution is -2.26. The van der Waals surface area contributed by atoms with Gasteiger partial charge in [0.25, 0.3) is 0 Å². The van der Waals surface area contributed by atoms with E-state index < -0.39 is 0 Å². The minimum Gasteiger partial charge on any atom is -0.279 e. The molecular formula is C8H7Cl2N3O. The van der Waals surface area contributed by atoms with E-state index in [-0.39, 0.29) is 11.3 Å². The van der Waals surface area contributed by atoms with Gasteiger partial charge in [0.2, 0.25) is 11.9 Å². The van der Waals surface area contributed by atoms with Crippen LogP contribution in [0.25, 0.3) is 0 Å². The van der Waals surface area contributed by atoms with Crippen LogP contribution in [0.3, 0.4) is 0 Å². The number of anilines is 1. The van der Waals surface area contributed by atoms with Crippen LogP contribution in [0.1, 0.15) is 6.42 Å². The smallest absolute Gasteiger partial charge is 0.233 e. The maximum absolute atomic E-state index is 11.4. The fraction of sp³-hybridized carbons (Fsp3) is 0.375. The predicted molar refractivity (Wildman–Crippen MR) is 53.7 cm³/mol. The van der Waals surface area contributed by atoms with E-state index in [1.165, 1.54) is 11.1 Å². The average molecular weight is 232 g/mol. The first-order chi connectivity index (χ1) is 6.66. The van der Waals surface area contributed by atoms with Gasteiger partial charge < -0.3 is 0 Å². The first-order valence-corrected chi connectivity index (χ1v) is 4.91. The highest BCUT2D eigenvalue weighted by Crippen LogP contribution is 2.21. The second kappa shape index (κ2) is 3.71. The van der Waals surface area contributed by atoms with Crippen molar-refractivity contribution in [2.75, 3.05) is 11.4 Å². The summed E-state index contributed by atoms with van der Waals surface area (Å²) < 4.78 is 0. The first-order valence-electron chi connectivity index (χ1n) is 4.10. The van der Waals surface area contributed by atoms with E-state index in [1.807, 2.05) is 0 Å². The third kappa shape index (κ3) is 1.81. The monoisotopic (exact) mass is 231 g/mol. The van der Waals surface area contributed by atoms with E-state index >= 15 is 0 Å². The van der Waals surface area contributed by atoms with Gasteiger partial charge in [-0.1, -0.05) is 11.6 Å². The van der Waals surface area contributed by atoms with Gasteiger partial charge in [-0.05, 0) is 6.07 Å². The van der Waals surface area contributed by atoms with E-state index in [0.717, 1.165) is 0 Å². The molecule has 0 aliphatic carbocycles. The summed E-state index contributed by atoms with van der Waals surface area (Å²) >= 11 is 11.5. The van der Waals surface area contributed by atoms with Crippen molar-refractivity contribution in [1.29, 1.82) is 0 Å². The SMILES string of the molecule is O=C1CC(Cl)CN1c1nccc(Cl)n1. The van der Waals surface area contributed by atoms with Crippen molar-refractivity contribution >= 4 is 35.1 Å². The summed E-state index contributed by atoms with van der Waals surface area (Å²) in [5, 5.41) is 0.158. The quantitative estimate of drug-likeness (QED) is 0.544. The molecule has 2 heterocycles. The highest BCUT2D eigenvalue weighted by Gasteiger charge is 2.30. The normalized spacial score (nSPS) is 21.7. The van der Waals surface area contributed by atoms with Crippen molar-refractivity contribution in [3.8, 4) is 0 Å². The Labute approximate surface area is 90.9 Å². The van der Waals surface area contributed by atoms with Crippen LogP contribution in [-0.4, -0.2) is 27.8 Å². The van der Waals surface area contributed by atoms with Gasteiger partial charge in [0.1, 0.15) is 5.15 Å². The number of rotatable bonds is 1. The number of carbonyl (C=O) groups excluding carboxylic acids is 1. The predicted octanol–water partition coefficient (Wildman–Crippen LogP) is 1.47. The molecule has 1 atom stereocenters. The Balaban J connectivity index is 2.27. The van der Waals surface area contributed by atoms with Crippen molar-refractivity contribution in [1.82, 2.24) is 9.97 Å². The van der Waals surface area contributed by atoms with Crippen molar-refractivity contribution in [3.63, 3.8) is 0 Å². The van der Waals surface area contributed by atoms with Crippen molar-refractivity contribution < 1.29 is 4.79 Å². The van der Waals surface area contributed by atoms with Crippen LogP contribution in [0, 0.1) is 0 Å². The van der Waals surface area contributed by atoms with Gasteiger partial charge >= 0.3 is 0 Å². The zero-order valence-corrected chi connectivity index (χ0v) is 8.66. The minimum atomic E-state index is -0.162. The Hall–Kier alpha value is -0.870. The van der Waals surface area contributed by atoms with Crippen LogP contribution >= 0.6 is 23.2 Å². The summed E-state index contributed by atoms with van der Waals surface area (Å²) in [6.45, 7) is 0.445. The molecule has 1 aromatic rings. The number of amides is 1. The molecule has 14 heavy (non-hydrogen) atoms. The van der Waals surface area contributed by atoms with Gasteiger partial charge in [-0.15, -0.1) is 11.6 Å². The molecule has 0 aromatic carbocycles. The van der Waals surface area contributed by atoms with Crippen molar-refractivity contribution in [2.24, 2.45) is 0 Å². The summed E-state index contributed by atoms with van der Waals surface area (Å²) in [5.41, 5.74) is 0. The lowest BCUT2D eigenvalue weighted by Gasteiger charge is -2.12. The Morgan fingerprint density at radius 2 is 2.36 bits per heavy atom. The fourth-order valence-corrected chi connectivity index (χ4v) is 1.72. The molecule has 1 aromatic heterocycles. The molecule has 2 rings (SSSR count).